The Bertz CT molecular complexity index is 396. The number of carbonyl (C=O) groups is 1. The molecule has 0 spiro atoms. The molecule has 1 aliphatic carbocycles. The summed E-state index contributed by atoms with van der Waals surface area (Å²) in [5.74, 6) is -0.236. The summed E-state index contributed by atoms with van der Waals surface area (Å²) in [6.07, 6.45) is 2.42. The zero-order chi connectivity index (χ0) is 11.8. The molecule has 0 saturated heterocycles. The van der Waals surface area contributed by atoms with Crippen molar-refractivity contribution in [2.75, 3.05) is 7.11 Å². The average molecular weight is 222 g/mol. The second-order valence-electron chi connectivity index (χ2n) is 4.14. The largest absolute Gasteiger partial charge is 0.495 e. The van der Waals surface area contributed by atoms with Crippen molar-refractivity contribution < 1.29 is 14.6 Å². The van der Waals surface area contributed by atoms with Crippen molar-refractivity contribution in [2.45, 2.75) is 24.3 Å². The minimum atomic E-state index is -0.897. The first-order valence-corrected chi connectivity index (χ1v) is 5.08. The molecule has 0 aromatic carbocycles. The van der Waals surface area contributed by atoms with E-state index in [0.29, 0.717) is 24.3 Å². The lowest BCUT2D eigenvalue weighted by Crippen LogP contribution is -2.54. The van der Waals surface area contributed by atoms with Crippen LogP contribution in [0, 0.1) is 0 Å². The normalized spacial score (nSPS) is 28.2. The van der Waals surface area contributed by atoms with Crippen LogP contribution in [0.3, 0.4) is 0 Å². The van der Waals surface area contributed by atoms with Gasteiger partial charge in [0.1, 0.15) is 11.2 Å². The first kappa shape index (κ1) is 10.9. The van der Waals surface area contributed by atoms with E-state index in [-0.39, 0.29) is 6.04 Å². The fourth-order valence-corrected chi connectivity index (χ4v) is 2.11. The van der Waals surface area contributed by atoms with E-state index in [1.165, 1.54) is 6.20 Å². The second-order valence-corrected chi connectivity index (χ2v) is 4.14. The van der Waals surface area contributed by atoms with Crippen LogP contribution in [0.5, 0.6) is 5.75 Å². The fraction of sp³-hybridized carbons (Fsp3) is 0.455. The average Bonchev–Trinajstić information content (AvgIpc) is 2.24. The maximum absolute atomic E-state index is 11.3. The Morgan fingerprint density at radius 1 is 1.62 bits per heavy atom. The third-order valence-electron chi connectivity index (χ3n) is 3.09. The van der Waals surface area contributed by atoms with Gasteiger partial charge in [0.2, 0.25) is 0 Å². The smallest absolute Gasteiger partial charge is 0.315 e. The number of rotatable bonds is 3. The molecule has 0 atom stereocenters. The number of carboxylic acids is 1. The van der Waals surface area contributed by atoms with Crippen LogP contribution in [0.25, 0.3) is 0 Å². The minimum Gasteiger partial charge on any atom is -0.495 e. The number of hydrogen-bond acceptors (Lipinski definition) is 4. The quantitative estimate of drug-likeness (QED) is 0.779. The standard InChI is InChI=1S/C11H14N2O3/c1-16-8-2-3-9(13-6-8)11(10(14)15)4-7(12)5-11/h2-3,6-7H,4-5,12H2,1H3,(H,14,15). The van der Waals surface area contributed by atoms with Gasteiger partial charge in [0.15, 0.2) is 0 Å². The van der Waals surface area contributed by atoms with Crippen LogP contribution in [0.1, 0.15) is 18.5 Å². The molecule has 86 valence electrons. The van der Waals surface area contributed by atoms with Gasteiger partial charge in [-0.25, -0.2) is 0 Å². The Morgan fingerprint density at radius 3 is 2.69 bits per heavy atom. The molecule has 1 heterocycles. The number of methoxy groups -OCH3 is 1. The lowest BCUT2D eigenvalue weighted by atomic mass is 9.63. The Morgan fingerprint density at radius 2 is 2.31 bits per heavy atom. The maximum Gasteiger partial charge on any atom is 0.315 e. The van der Waals surface area contributed by atoms with E-state index in [2.05, 4.69) is 4.98 Å². The van der Waals surface area contributed by atoms with Crippen molar-refractivity contribution in [2.24, 2.45) is 5.73 Å². The molecule has 0 bridgehead atoms. The minimum absolute atomic E-state index is 0.0417. The molecule has 5 nitrogen and oxygen atoms in total. The molecule has 0 amide bonds. The van der Waals surface area contributed by atoms with Gasteiger partial charge in [-0.3, -0.25) is 9.78 Å². The Labute approximate surface area is 93.2 Å². The highest BCUT2D eigenvalue weighted by Crippen LogP contribution is 2.42. The van der Waals surface area contributed by atoms with Gasteiger partial charge in [0.05, 0.1) is 19.0 Å². The van der Waals surface area contributed by atoms with Crippen molar-refractivity contribution in [3.63, 3.8) is 0 Å². The molecule has 5 heteroatoms. The highest BCUT2D eigenvalue weighted by molar-refractivity contribution is 5.82. The van der Waals surface area contributed by atoms with E-state index >= 15 is 0 Å². The number of pyridine rings is 1. The third kappa shape index (κ3) is 1.53. The molecule has 1 aromatic rings. The van der Waals surface area contributed by atoms with Crippen LogP contribution < -0.4 is 10.5 Å². The van der Waals surface area contributed by atoms with Crippen molar-refractivity contribution in [1.29, 1.82) is 0 Å². The summed E-state index contributed by atoms with van der Waals surface area (Å²) in [5, 5.41) is 9.25. The highest BCUT2D eigenvalue weighted by atomic mass is 16.5. The number of ether oxygens (including phenoxy) is 1. The number of hydrogen-bond donors (Lipinski definition) is 2. The zero-order valence-corrected chi connectivity index (χ0v) is 9.01. The molecule has 1 saturated carbocycles. The van der Waals surface area contributed by atoms with Gasteiger partial charge in [-0.15, -0.1) is 0 Å². The van der Waals surface area contributed by atoms with Crippen molar-refractivity contribution >= 4 is 5.97 Å². The fourth-order valence-electron chi connectivity index (χ4n) is 2.11. The van der Waals surface area contributed by atoms with E-state index < -0.39 is 11.4 Å². The zero-order valence-electron chi connectivity index (χ0n) is 9.01. The molecule has 2 rings (SSSR count). The summed E-state index contributed by atoms with van der Waals surface area (Å²) in [6.45, 7) is 0. The summed E-state index contributed by atoms with van der Waals surface area (Å²) in [7, 11) is 1.54. The molecule has 0 aliphatic heterocycles. The number of aromatic nitrogens is 1. The van der Waals surface area contributed by atoms with Crippen molar-refractivity contribution in [3.05, 3.63) is 24.0 Å². The Kier molecular flexibility index (Phi) is 2.55. The number of aliphatic carboxylic acids is 1. The molecule has 1 fully saturated rings. The SMILES string of the molecule is COc1ccc(C2(C(=O)O)CC(N)C2)nc1. The first-order valence-electron chi connectivity index (χ1n) is 5.08. The molecule has 1 aliphatic rings. The Hall–Kier alpha value is -1.62. The number of nitrogens with two attached hydrogens (primary N) is 1. The molecule has 0 unspecified atom stereocenters. The van der Waals surface area contributed by atoms with Crippen molar-refractivity contribution in [3.8, 4) is 5.75 Å². The van der Waals surface area contributed by atoms with E-state index in [1.807, 2.05) is 0 Å². The molecule has 0 radical (unpaired) electrons. The van der Waals surface area contributed by atoms with E-state index in [9.17, 15) is 9.90 Å². The predicted octanol–water partition coefficient (Wildman–Crippen LogP) is 0.534. The highest BCUT2D eigenvalue weighted by Gasteiger charge is 2.51. The van der Waals surface area contributed by atoms with Gasteiger partial charge >= 0.3 is 5.97 Å². The van der Waals surface area contributed by atoms with Gasteiger partial charge in [0.25, 0.3) is 0 Å². The van der Waals surface area contributed by atoms with Crippen LogP contribution >= 0.6 is 0 Å². The van der Waals surface area contributed by atoms with Gasteiger partial charge in [-0.05, 0) is 25.0 Å². The summed E-state index contributed by atoms with van der Waals surface area (Å²) >= 11 is 0. The molecular formula is C11H14N2O3. The van der Waals surface area contributed by atoms with Crippen LogP contribution in [-0.2, 0) is 10.2 Å². The predicted molar refractivity (Wildman–Crippen MR) is 57.3 cm³/mol. The van der Waals surface area contributed by atoms with Crippen LogP contribution in [0.15, 0.2) is 18.3 Å². The monoisotopic (exact) mass is 222 g/mol. The van der Waals surface area contributed by atoms with Gasteiger partial charge < -0.3 is 15.6 Å². The van der Waals surface area contributed by atoms with E-state index in [1.54, 1.807) is 19.2 Å². The van der Waals surface area contributed by atoms with Crippen molar-refractivity contribution in [1.82, 2.24) is 4.98 Å². The third-order valence-corrected chi connectivity index (χ3v) is 3.09. The van der Waals surface area contributed by atoms with Crippen LogP contribution in [0.4, 0.5) is 0 Å². The van der Waals surface area contributed by atoms with E-state index in [0.717, 1.165) is 0 Å². The topological polar surface area (TPSA) is 85.4 Å². The van der Waals surface area contributed by atoms with Crippen LogP contribution in [-0.4, -0.2) is 29.2 Å². The van der Waals surface area contributed by atoms with Gasteiger partial charge in [0, 0.05) is 6.04 Å². The molecule has 3 N–H and O–H groups in total. The first-order chi connectivity index (χ1) is 7.58. The van der Waals surface area contributed by atoms with Gasteiger partial charge in [-0.1, -0.05) is 0 Å². The molecule has 1 aromatic heterocycles. The lowest BCUT2D eigenvalue weighted by Gasteiger charge is -2.41. The number of carboxylic acid groups (broad SMARTS) is 1. The Balaban J connectivity index is 2.30. The maximum atomic E-state index is 11.3. The summed E-state index contributed by atoms with van der Waals surface area (Å²) in [4.78, 5) is 15.4. The summed E-state index contributed by atoms with van der Waals surface area (Å²) in [5.41, 5.74) is 5.33. The van der Waals surface area contributed by atoms with Gasteiger partial charge in [-0.2, -0.15) is 0 Å². The second kappa shape index (κ2) is 3.75. The summed E-state index contributed by atoms with van der Waals surface area (Å²) in [6, 6.07) is 3.37. The van der Waals surface area contributed by atoms with E-state index in [4.69, 9.17) is 10.5 Å². The molecule has 16 heavy (non-hydrogen) atoms. The number of nitrogens with zero attached hydrogens (tertiary/aromatic N) is 1. The lowest BCUT2D eigenvalue weighted by molar-refractivity contribution is -0.148. The summed E-state index contributed by atoms with van der Waals surface area (Å²) < 4.78 is 4.98. The molecular weight excluding hydrogens is 208 g/mol. The van der Waals surface area contributed by atoms with Crippen LogP contribution in [0.2, 0.25) is 0 Å².